The molecule has 3 aromatic rings. The number of rotatable bonds is 15. The fourth-order valence-corrected chi connectivity index (χ4v) is 6.30. The van der Waals surface area contributed by atoms with E-state index in [0.29, 0.717) is 17.0 Å². The molecular weight excluding hydrogens is 787 g/mol. The molecule has 0 spiro atoms. The lowest BCUT2D eigenvalue weighted by Gasteiger charge is -2.36. The third-order valence-electron chi connectivity index (χ3n) is 8.53. The molecule has 4 rings (SSSR count). The number of hydrogen-bond acceptors (Lipinski definition) is 6. The number of carbonyl (C=O) groups is 5. The lowest BCUT2D eigenvalue weighted by Crippen LogP contribution is -2.59. The zero-order valence-electron chi connectivity index (χ0n) is 28.1. The molecule has 3 aromatic carbocycles. The van der Waals surface area contributed by atoms with E-state index < -0.39 is 47.8 Å². The minimum atomic E-state index is -1.16. The number of nitrogens with two attached hydrogens (primary N) is 3. The molecule has 1 aliphatic heterocycles. The van der Waals surface area contributed by atoms with Gasteiger partial charge in [-0.05, 0) is 82.0 Å². The second-order valence-electron chi connectivity index (χ2n) is 12.3. The molecule has 1 aliphatic rings. The van der Waals surface area contributed by atoms with Gasteiger partial charge in [-0.1, -0.05) is 60.1 Å². The number of halogens is 2. The monoisotopic (exact) mass is 828 g/mol. The van der Waals surface area contributed by atoms with Crippen molar-refractivity contribution in [2.24, 2.45) is 22.2 Å². The van der Waals surface area contributed by atoms with Crippen molar-refractivity contribution < 1.29 is 24.0 Å². The minimum absolute atomic E-state index is 0.0528. The van der Waals surface area contributed by atoms with Gasteiger partial charge in [-0.3, -0.25) is 29.0 Å². The number of amides is 5. The topological polar surface area (TPSA) is 215 Å². The fourth-order valence-electron chi connectivity index (χ4n) is 5.82. The van der Waals surface area contributed by atoms with E-state index in [1.165, 1.54) is 11.8 Å². The lowest BCUT2D eigenvalue weighted by atomic mass is 9.93. The van der Waals surface area contributed by atoms with Crippen molar-refractivity contribution in [2.45, 2.75) is 69.7 Å². The molecule has 0 radical (unpaired) electrons. The van der Waals surface area contributed by atoms with Crippen LogP contribution in [0, 0.1) is 3.57 Å². The van der Waals surface area contributed by atoms with Gasteiger partial charge in [0.2, 0.25) is 29.5 Å². The van der Waals surface area contributed by atoms with Gasteiger partial charge in [-0.25, -0.2) is 0 Å². The van der Waals surface area contributed by atoms with E-state index in [1.54, 1.807) is 24.3 Å². The molecule has 0 aliphatic carbocycles. The van der Waals surface area contributed by atoms with E-state index in [2.05, 4.69) is 43.5 Å². The summed E-state index contributed by atoms with van der Waals surface area (Å²) >= 11 is 8.26. The number of aliphatic imine (C=N–C) groups is 1. The second-order valence-corrected chi connectivity index (χ2v) is 14.0. The molecule has 15 heteroatoms. The number of nitrogens with zero attached hydrogens (tertiary/aromatic N) is 2. The Labute approximate surface area is 315 Å². The molecule has 0 fully saturated rings. The van der Waals surface area contributed by atoms with Crippen molar-refractivity contribution in [3.05, 3.63) is 104 Å². The van der Waals surface area contributed by atoms with Crippen LogP contribution in [0.2, 0.25) is 5.02 Å². The molecule has 5 amide bonds. The normalized spacial score (nSPS) is 15.4. The molecule has 4 atom stereocenters. The highest BCUT2D eigenvalue weighted by Crippen LogP contribution is 2.24. The Morgan fingerprint density at radius 3 is 2.00 bits per heavy atom. The average molecular weight is 829 g/mol. The van der Waals surface area contributed by atoms with Crippen LogP contribution in [-0.4, -0.2) is 71.1 Å². The van der Waals surface area contributed by atoms with E-state index in [9.17, 15) is 24.0 Å². The minimum Gasteiger partial charge on any atom is -0.370 e. The summed E-state index contributed by atoms with van der Waals surface area (Å²) in [4.78, 5) is 72.3. The zero-order chi connectivity index (χ0) is 37.1. The van der Waals surface area contributed by atoms with Crippen molar-refractivity contribution in [1.82, 2.24) is 20.9 Å². The molecule has 0 saturated heterocycles. The average Bonchev–Trinajstić information content (AvgIpc) is 3.09. The van der Waals surface area contributed by atoms with Gasteiger partial charge in [-0.15, -0.1) is 0 Å². The number of guanidine groups is 1. The van der Waals surface area contributed by atoms with Crippen LogP contribution < -0.4 is 33.2 Å². The number of fused-ring (bicyclic) bond motifs is 1. The zero-order valence-corrected chi connectivity index (χ0v) is 31.0. The Hall–Kier alpha value is -4.70. The largest absolute Gasteiger partial charge is 0.370 e. The Bertz CT molecular complexity index is 1750. The van der Waals surface area contributed by atoms with Gasteiger partial charge in [0, 0.05) is 47.9 Å². The molecule has 0 bridgehead atoms. The van der Waals surface area contributed by atoms with Crippen molar-refractivity contribution in [2.75, 3.05) is 6.54 Å². The van der Waals surface area contributed by atoms with Crippen LogP contribution in [0.5, 0.6) is 0 Å². The summed E-state index contributed by atoms with van der Waals surface area (Å²) in [6.45, 7) is 1.83. The van der Waals surface area contributed by atoms with Crippen LogP contribution in [0.15, 0.2) is 77.8 Å². The van der Waals surface area contributed by atoms with Gasteiger partial charge in [0.05, 0.1) is 0 Å². The highest BCUT2D eigenvalue weighted by atomic mass is 127. The highest BCUT2D eigenvalue weighted by molar-refractivity contribution is 14.1. The van der Waals surface area contributed by atoms with Crippen LogP contribution in [0.3, 0.4) is 0 Å². The summed E-state index contributed by atoms with van der Waals surface area (Å²) < 4.78 is 1.00. The molecule has 0 aromatic heterocycles. The maximum absolute atomic E-state index is 14.1. The van der Waals surface area contributed by atoms with Crippen LogP contribution in [-0.2, 0) is 49.8 Å². The number of benzene rings is 3. The molecular formula is C36H42ClIN8O5. The molecule has 1 unspecified atom stereocenters. The number of carbonyl (C=O) groups excluding carboxylic acids is 5. The predicted octanol–water partition coefficient (Wildman–Crippen LogP) is 1.70. The quantitative estimate of drug-likeness (QED) is 0.0577. The van der Waals surface area contributed by atoms with Crippen molar-refractivity contribution in [3.63, 3.8) is 0 Å². The van der Waals surface area contributed by atoms with Gasteiger partial charge >= 0.3 is 0 Å². The maximum atomic E-state index is 14.1. The number of primary amides is 1. The third-order valence-corrected chi connectivity index (χ3v) is 9.50. The van der Waals surface area contributed by atoms with Gasteiger partial charge < -0.3 is 38.1 Å². The van der Waals surface area contributed by atoms with E-state index in [1.807, 2.05) is 48.5 Å². The summed E-state index contributed by atoms with van der Waals surface area (Å²) in [6, 6.07) is 17.6. The third kappa shape index (κ3) is 11.7. The van der Waals surface area contributed by atoms with Crippen LogP contribution in [0.1, 0.15) is 42.0 Å². The van der Waals surface area contributed by atoms with Crippen LogP contribution in [0.4, 0.5) is 0 Å². The SMILES string of the molecule is CC(=O)N1Cc2ccccc2CC1C(=O)N[C@H](Cc1ccc(Cl)cc1)C(=O)N[C@@H](CCCN=C(N)N)C(=O)N[C@@H](Cc1ccc(I)cc1)C(N)=O. The Morgan fingerprint density at radius 2 is 1.39 bits per heavy atom. The smallest absolute Gasteiger partial charge is 0.243 e. The maximum Gasteiger partial charge on any atom is 0.243 e. The van der Waals surface area contributed by atoms with Crippen LogP contribution in [0.25, 0.3) is 0 Å². The van der Waals surface area contributed by atoms with E-state index >= 15 is 0 Å². The van der Waals surface area contributed by atoms with E-state index in [0.717, 1.165) is 20.3 Å². The van der Waals surface area contributed by atoms with Gasteiger partial charge in [-0.2, -0.15) is 0 Å². The molecule has 51 heavy (non-hydrogen) atoms. The highest BCUT2D eigenvalue weighted by Gasteiger charge is 2.36. The molecule has 270 valence electrons. The summed E-state index contributed by atoms with van der Waals surface area (Å²) in [5, 5.41) is 8.80. The second kappa shape index (κ2) is 18.5. The fraction of sp³-hybridized carbons (Fsp3) is 0.333. The van der Waals surface area contributed by atoms with Crippen LogP contribution >= 0.6 is 34.2 Å². The molecule has 0 saturated carbocycles. The van der Waals surface area contributed by atoms with Gasteiger partial charge in [0.15, 0.2) is 5.96 Å². The summed E-state index contributed by atoms with van der Waals surface area (Å²) in [5.41, 5.74) is 20.0. The Balaban J connectivity index is 1.58. The van der Waals surface area contributed by atoms with Crippen molar-refractivity contribution in [1.29, 1.82) is 0 Å². The van der Waals surface area contributed by atoms with Gasteiger partial charge in [0.25, 0.3) is 0 Å². The molecule has 9 N–H and O–H groups in total. The first-order valence-corrected chi connectivity index (χ1v) is 17.8. The lowest BCUT2D eigenvalue weighted by molar-refractivity contribution is -0.141. The Kier molecular flexibility index (Phi) is 14.2. The first-order chi connectivity index (χ1) is 24.3. The van der Waals surface area contributed by atoms with Gasteiger partial charge in [0.1, 0.15) is 24.2 Å². The summed E-state index contributed by atoms with van der Waals surface area (Å²) in [7, 11) is 0. The summed E-state index contributed by atoms with van der Waals surface area (Å²) in [6.07, 6.45) is 0.860. The van der Waals surface area contributed by atoms with Crippen molar-refractivity contribution >= 4 is 69.7 Å². The molecule has 1 heterocycles. The standard InChI is InChI=1S/C36H42ClIN8O5/c1-21(47)46-20-25-6-3-2-5-24(25)19-31(46)35(51)45-30(18-22-8-12-26(37)13-9-22)34(50)43-28(7-4-16-42-36(40)41)33(49)44-29(32(39)48)17-23-10-14-27(38)15-11-23/h2-3,5-6,8-15,28-31H,4,7,16-20H2,1H3,(H2,39,48)(H,43,50)(H,44,49)(H,45,51)(H4,40,41,42)/t28-,29-,30+,31?/m0/s1. The first kappa shape index (κ1) is 39.1. The van der Waals surface area contributed by atoms with E-state index in [4.69, 9.17) is 28.8 Å². The van der Waals surface area contributed by atoms with E-state index in [-0.39, 0.29) is 50.6 Å². The van der Waals surface area contributed by atoms with Crippen molar-refractivity contribution in [3.8, 4) is 0 Å². The first-order valence-electron chi connectivity index (χ1n) is 16.4. The number of nitrogens with one attached hydrogen (secondary N) is 3. The molecule has 13 nitrogen and oxygen atoms in total. The predicted molar refractivity (Wildman–Crippen MR) is 203 cm³/mol. The number of hydrogen-bond donors (Lipinski definition) is 6. The Morgan fingerprint density at radius 1 is 0.824 bits per heavy atom. The summed E-state index contributed by atoms with van der Waals surface area (Å²) in [5.74, 6) is -2.97.